The summed E-state index contributed by atoms with van der Waals surface area (Å²) in [6.45, 7) is 8.57. The normalized spacial score (nSPS) is 11.4. The van der Waals surface area contributed by atoms with Crippen LogP contribution in [0.2, 0.25) is 0 Å². The average Bonchev–Trinajstić information content (AvgIpc) is 3.28. The van der Waals surface area contributed by atoms with Crippen molar-refractivity contribution in [2.24, 2.45) is 0 Å². The fourth-order valence-electron chi connectivity index (χ4n) is 3.76. The SMILES string of the molecule is COc1ccc(-n2c(SCC(=O)Nc3c(Br)cc(C)cc3Br)nnc2-c2ccc(C(C)(C)C)cc2)cc1. The Bertz CT molecular complexity index is 1390. The molecule has 0 saturated heterocycles. The molecule has 192 valence electrons. The van der Waals surface area contributed by atoms with Crippen LogP contribution in [0.15, 0.2) is 74.8 Å². The summed E-state index contributed by atoms with van der Waals surface area (Å²) in [7, 11) is 1.64. The van der Waals surface area contributed by atoms with Gasteiger partial charge >= 0.3 is 0 Å². The van der Waals surface area contributed by atoms with Crippen LogP contribution in [0.5, 0.6) is 5.75 Å². The van der Waals surface area contributed by atoms with Crippen LogP contribution in [0, 0.1) is 6.92 Å². The molecule has 37 heavy (non-hydrogen) atoms. The van der Waals surface area contributed by atoms with Crippen molar-refractivity contribution in [3.63, 3.8) is 0 Å². The molecule has 4 aromatic rings. The lowest BCUT2D eigenvalue weighted by molar-refractivity contribution is -0.113. The maximum absolute atomic E-state index is 12.9. The Morgan fingerprint density at radius 2 is 1.62 bits per heavy atom. The highest BCUT2D eigenvalue weighted by Crippen LogP contribution is 2.34. The van der Waals surface area contributed by atoms with Crippen LogP contribution in [0.3, 0.4) is 0 Å². The van der Waals surface area contributed by atoms with E-state index in [1.54, 1.807) is 7.11 Å². The molecule has 0 aliphatic rings. The largest absolute Gasteiger partial charge is 0.497 e. The Balaban J connectivity index is 1.63. The molecule has 0 saturated carbocycles. The van der Waals surface area contributed by atoms with Gasteiger partial charge in [-0.2, -0.15) is 0 Å². The fraction of sp³-hybridized carbons (Fsp3) is 0.250. The quantitative estimate of drug-likeness (QED) is 0.208. The first kappa shape index (κ1) is 27.4. The van der Waals surface area contributed by atoms with Gasteiger partial charge < -0.3 is 10.1 Å². The average molecular weight is 644 g/mol. The molecule has 1 heterocycles. The number of hydrogen-bond donors (Lipinski definition) is 1. The molecular formula is C28H28Br2N4O2S. The van der Waals surface area contributed by atoms with Crippen LogP contribution >= 0.6 is 43.6 Å². The molecule has 3 aromatic carbocycles. The lowest BCUT2D eigenvalue weighted by Crippen LogP contribution is -2.15. The summed E-state index contributed by atoms with van der Waals surface area (Å²) in [5, 5.41) is 12.6. The number of aryl methyl sites for hydroxylation is 1. The number of benzene rings is 3. The molecule has 0 fully saturated rings. The summed E-state index contributed by atoms with van der Waals surface area (Å²) < 4.78 is 8.95. The number of hydrogen-bond acceptors (Lipinski definition) is 5. The summed E-state index contributed by atoms with van der Waals surface area (Å²) in [5.41, 5.74) is 4.91. The van der Waals surface area contributed by atoms with E-state index in [1.165, 1.54) is 17.3 Å². The summed E-state index contributed by atoms with van der Waals surface area (Å²) >= 11 is 8.40. The molecule has 1 aromatic heterocycles. The Morgan fingerprint density at radius 1 is 1.00 bits per heavy atom. The third-order valence-corrected chi connectivity index (χ3v) is 7.94. The van der Waals surface area contributed by atoms with Crippen LogP contribution in [0.25, 0.3) is 17.1 Å². The van der Waals surface area contributed by atoms with E-state index in [2.05, 4.69) is 92.4 Å². The van der Waals surface area contributed by atoms with Crippen LogP contribution in [-0.4, -0.2) is 33.5 Å². The summed E-state index contributed by atoms with van der Waals surface area (Å²) in [6, 6.07) is 20.0. The number of rotatable bonds is 7. The van der Waals surface area contributed by atoms with Crippen LogP contribution in [-0.2, 0) is 10.2 Å². The second-order valence-electron chi connectivity index (χ2n) is 9.61. The highest BCUT2D eigenvalue weighted by molar-refractivity contribution is 9.11. The van der Waals surface area contributed by atoms with Gasteiger partial charge in [0.2, 0.25) is 5.91 Å². The molecule has 9 heteroatoms. The standard InChI is InChI=1S/C28H28Br2N4O2S/c1-17-14-22(29)25(23(30)15-17)31-24(35)16-37-27-33-32-26(18-6-8-19(9-7-18)28(2,3)4)34(27)20-10-12-21(36-5)13-11-20/h6-15H,16H2,1-5H3,(H,31,35). The Hall–Kier alpha value is -2.62. The van der Waals surface area contributed by atoms with E-state index >= 15 is 0 Å². The molecule has 0 aliphatic carbocycles. The topological polar surface area (TPSA) is 69.0 Å². The number of amides is 1. The van der Waals surface area contributed by atoms with Crippen molar-refractivity contribution in [2.45, 2.75) is 38.3 Å². The number of thioether (sulfide) groups is 1. The van der Waals surface area contributed by atoms with Crippen molar-refractivity contribution in [1.29, 1.82) is 0 Å². The molecule has 6 nitrogen and oxygen atoms in total. The molecule has 4 rings (SSSR count). The van der Waals surface area contributed by atoms with Crippen molar-refractivity contribution in [3.05, 3.63) is 80.7 Å². The van der Waals surface area contributed by atoms with Crippen LogP contribution in [0.1, 0.15) is 31.9 Å². The van der Waals surface area contributed by atoms with Crippen molar-refractivity contribution in [1.82, 2.24) is 14.8 Å². The number of nitrogens with zero attached hydrogens (tertiary/aromatic N) is 3. The molecule has 0 bridgehead atoms. The zero-order valence-electron chi connectivity index (χ0n) is 21.3. The van der Waals surface area contributed by atoms with Gasteiger partial charge in [0.15, 0.2) is 11.0 Å². The molecule has 0 spiro atoms. The van der Waals surface area contributed by atoms with Gasteiger partial charge in [-0.25, -0.2) is 0 Å². The molecule has 0 atom stereocenters. The predicted octanol–water partition coefficient (Wildman–Crippen LogP) is 7.80. The first-order valence-corrected chi connectivity index (χ1v) is 14.2. The second-order valence-corrected chi connectivity index (χ2v) is 12.3. The van der Waals surface area contributed by atoms with E-state index in [0.717, 1.165) is 31.5 Å². The maximum atomic E-state index is 12.9. The van der Waals surface area contributed by atoms with Gasteiger partial charge in [0, 0.05) is 20.2 Å². The van der Waals surface area contributed by atoms with Crippen LogP contribution < -0.4 is 10.1 Å². The van der Waals surface area contributed by atoms with Crippen molar-refractivity contribution < 1.29 is 9.53 Å². The van der Waals surface area contributed by atoms with E-state index in [1.807, 2.05) is 47.9 Å². The number of aromatic nitrogens is 3. The minimum atomic E-state index is -0.143. The predicted molar refractivity (Wildman–Crippen MR) is 158 cm³/mol. The monoisotopic (exact) mass is 642 g/mol. The van der Waals surface area contributed by atoms with Gasteiger partial charge in [-0.3, -0.25) is 9.36 Å². The minimum absolute atomic E-state index is 0.0536. The van der Waals surface area contributed by atoms with Crippen molar-refractivity contribution >= 4 is 55.2 Å². The van der Waals surface area contributed by atoms with Crippen molar-refractivity contribution in [3.8, 4) is 22.8 Å². The van der Waals surface area contributed by atoms with Gasteiger partial charge in [0.1, 0.15) is 5.75 Å². The summed E-state index contributed by atoms with van der Waals surface area (Å²) in [4.78, 5) is 12.9. The second kappa shape index (κ2) is 11.4. The van der Waals surface area contributed by atoms with E-state index in [4.69, 9.17) is 4.74 Å². The number of methoxy groups -OCH3 is 1. The summed E-state index contributed by atoms with van der Waals surface area (Å²) in [6.07, 6.45) is 0. The minimum Gasteiger partial charge on any atom is -0.497 e. The van der Waals surface area contributed by atoms with Gasteiger partial charge in [0.05, 0.1) is 18.6 Å². The highest BCUT2D eigenvalue weighted by Gasteiger charge is 2.20. The lowest BCUT2D eigenvalue weighted by atomic mass is 9.87. The number of nitrogens with one attached hydrogen (secondary N) is 1. The van der Waals surface area contributed by atoms with Crippen LogP contribution in [0.4, 0.5) is 5.69 Å². The van der Waals surface area contributed by atoms with Gasteiger partial charge in [-0.15, -0.1) is 10.2 Å². The Labute approximate surface area is 238 Å². The van der Waals surface area contributed by atoms with Gasteiger partial charge in [-0.1, -0.05) is 56.8 Å². The summed E-state index contributed by atoms with van der Waals surface area (Å²) in [5.74, 6) is 1.49. The molecule has 0 radical (unpaired) electrons. The van der Waals surface area contributed by atoms with Gasteiger partial charge in [-0.05, 0) is 91.7 Å². The highest BCUT2D eigenvalue weighted by atomic mass is 79.9. The molecule has 0 unspecified atom stereocenters. The zero-order valence-corrected chi connectivity index (χ0v) is 25.3. The maximum Gasteiger partial charge on any atom is 0.234 e. The van der Waals surface area contributed by atoms with E-state index in [-0.39, 0.29) is 17.1 Å². The third-order valence-electron chi connectivity index (χ3n) is 5.76. The molecule has 0 aliphatic heterocycles. The van der Waals surface area contributed by atoms with E-state index in [0.29, 0.717) is 16.7 Å². The molecular weight excluding hydrogens is 616 g/mol. The number of halogens is 2. The number of anilines is 1. The zero-order chi connectivity index (χ0) is 26.7. The smallest absolute Gasteiger partial charge is 0.234 e. The van der Waals surface area contributed by atoms with E-state index in [9.17, 15) is 4.79 Å². The molecule has 1 N–H and O–H groups in total. The fourth-order valence-corrected chi connectivity index (χ4v) is 6.12. The third kappa shape index (κ3) is 6.45. The Kier molecular flexibility index (Phi) is 8.46. The molecule has 1 amide bonds. The number of carbonyl (C=O) groups excluding carboxylic acids is 1. The van der Waals surface area contributed by atoms with Crippen molar-refractivity contribution in [2.75, 3.05) is 18.2 Å². The van der Waals surface area contributed by atoms with Gasteiger partial charge in [0.25, 0.3) is 0 Å². The number of ether oxygens (including phenoxy) is 1. The lowest BCUT2D eigenvalue weighted by Gasteiger charge is -2.19. The number of carbonyl (C=O) groups is 1. The first-order chi connectivity index (χ1) is 17.6. The first-order valence-electron chi connectivity index (χ1n) is 11.7. The Morgan fingerprint density at radius 3 is 2.19 bits per heavy atom. The van der Waals surface area contributed by atoms with E-state index < -0.39 is 0 Å².